The first-order valence-electron chi connectivity index (χ1n) is 6.31. The lowest BCUT2D eigenvalue weighted by Gasteiger charge is -2.20. The third kappa shape index (κ3) is 3.61. The number of nitrogens with two attached hydrogens (primary N) is 2. The van der Waals surface area contributed by atoms with Gasteiger partial charge in [-0.15, -0.1) is 0 Å². The van der Waals surface area contributed by atoms with E-state index in [-0.39, 0.29) is 22.7 Å². The van der Waals surface area contributed by atoms with Crippen LogP contribution in [0.5, 0.6) is 0 Å². The van der Waals surface area contributed by atoms with Gasteiger partial charge in [0.15, 0.2) is 5.16 Å². The van der Waals surface area contributed by atoms with Gasteiger partial charge in [0.2, 0.25) is 0 Å². The van der Waals surface area contributed by atoms with Crippen molar-refractivity contribution in [2.45, 2.75) is 30.3 Å². The summed E-state index contributed by atoms with van der Waals surface area (Å²) >= 11 is 1.41. The molecule has 0 spiro atoms. The maximum Gasteiger partial charge on any atom is 0.253 e. The Balaban J connectivity index is 2.30. The molecule has 0 radical (unpaired) electrons. The van der Waals surface area contributed by atoms with Gasteiger partial charge in [0.1, 0.15) is 5.82 Å². The number of anilines is 1. The first kappa shape index (κ1) is 14.6. The number of rotatable bonds is 4. The number of thioether (sulfide) groups is 1. The molecule has 1 aromatic carbocycles. The van der Waals surface area contributed by atoms with E-state index in [4.69, 9.17) is 11.5 Å². The minimum atomic E-state index is -0.257. The van der Waals surface area contributed by atoms with Gasteiger partial charge in [-0.2, -0.15) is 0 Å². The monoisotopic (exact) mass is 290 g/mol. The number of nitrogens with one attached hydrogen (secondary N) is 1. The maximum atomic E-state index is 11.4. The van der Waals surface area contributed by atoms with Crippen LogP contribution in [0.25, 0.3) is 0 Å². The maximum absolute atomic E-state index is 11.4. The number of benzene rings is 1. The molecule has 0 saturated heterocycles. The third-order valence-electron chi connectivity index (χ3n) is 2.86. The molecule has 1 heterocycles. The van der Waals surface area contributed by atoms with Crippen LogP contribution < -0.4 is 17.0 Å². The molecule has 2 rings (SSSR count). The molecule has 0 aliphatic heterocycles. The molecule has 6 heteroatoms. The first-order valence-corrected chi connectivity index (χ1v) is 7.19. The normalized spacial score (nSPS) is 13.9. The van der Waals surface area contributed by atoms with Crippen LogP contribution in [-0.2, 0) is 0 Å². The summed E-state index contributed by atoms with van der Waals surface area (Å²) in [5.74, 6) is 0.212. The van der Waals surface area contributed by atoms with E-state index in [0.717, 1.165) is 5.56 Å². The van der Waals surface area contributed by atoms with Crippen LogP contribution >= 0.6 is 11.8 Å². The molecule has 5 nitrogen and oxygen atoms in total. The van der Waals surface area contributed by atoms with Gasteiger partial charge in [0.05, 0.1) is 5.25 Å². The van der Waals surface area contributed by atoms with Crippen molar-refractivity contribution in [3.05, 3.63) is 51.8 Å². The van der Waals surface area contributed by atoms with Crippen LogP contribution in [0.4, 0.5) is 5.82 Å². The average molecular weight is 290 g/mol. The molecule has 1 aromatic heterocycles. The molecular formula is C14H18N4OS. The largest absolute Gasteiger partial charge is 0.383 e. The van der Waals surface area contributed by atoms with Crippen LogP contribution in [-0.4, -0.2) is 16.0 Å². The Bertz CT molecular complexity index is 636. The van der Waals surface area contributed by atoms with E-state index >= 15 is 0 Å². The van der Waals surface area contributed by atoms with Crippen molar-refractivity contribution < 1.29 is 0 Å². The number of aryl methyl sites for hydroxylation is 1. The Labute approximate surface area is 121 Å². The Hall–Kier alpha value is -1.79. The van der Waals surface area contributed by atoms with Crippen molar-refractivity contribution in [2.75, 3.05) is 5.73 Å². The molecular weight excluding hydrogens is 272 g/mol. The van der Waals surface area contributed by atoms with Crippen molar-refractivity contribution >= 4 is 17.6 Å². The number of hydrogen-bond donors (Lipinski definition) is 3. The Kier molecular flexibility index (Phi) is 4.46. The number of aromatic amines is 1. The van der Waals surface area contributed by atoms with E-state index in [2.05, 4.69) is 9.97 Å². The minimum Gasteiger partial charge on any atom is -0.383 e. The molecule has 0 saturated carbocycles. The minimum absolute atomic E-state index is 0.000509. The highest BCUT2D eigenvalue weighted by Gasteiger charge is 2.19. The lowest BCUT2D eigenvalue weighted by Crippen LogP contribution is -2.23. The summed E-state index contributed by atoms with van der Waals surface area (Å²) in [5, 5.41) is 0.485. The van der Waals surface area contributed by atoms with Gasteiger partial charge in [0.25, 0.3) is 5.56 Å². The van der Waals surface area contributed by atoms with E-state index in [0.29, 0.717) is 5.16 Å². The lowest BCUT2D eigenvalue weighted by molar-refractivity contribution is 0.717. The number of hydrogen-bond acceptors (Lipinski definition) is 5. The van der Waals surface area contributed by atoms with Crippen LogP contribution in [0.1, 0.15) is 23.3 Å². The standard InChI is InChI=1S/C14H18N4OS/c1-8-3-5-10(6-4-8)13(9(2)15)20-14-17-11(16)7-12(19)18-14/h3-7,9,13H,15H2,1-2H3,(H3,16,17,18,19). The van der Waals surface area contributed by atoms with Crippen LogP contribution in [0.15, 0.2) is 40.3 Å². The van der Waals surface area contributed by atoms with Crippen LogP contribution in [0, 0.1) is 6.92 Å². The van der Waals surface area contributed by atoms with Crippen molar-refractivity contribution in [3.8, 4) is 0 Å². The summed E-state index contributed by atoms with van der Waals surface area (Å²) in [6.07, 6.45) is 0. The lowest BCUT2D eigenvalue weighted by atomic mass is 10.1. The van der Waals surface area contributed by atoms with Gasteiger partial charge >= 0.3 is 0 Å². The Morgan fingerprint density at radius 1 is 1.30 bits per heavy atom. The van der Waals surface area contributed by atoms with Crippen molar-refractivity contribution in [3.63, 3.8) is 0 Å². The predicted octanol–water partition coefficient (Wildman–Crippen LogP) is 1.84. The second-order valence-corrected chi connectivity index (χ2v) is 5.91. The zero-order chi connectivity index (χ0) is 14.7. The highest BCUT2D eigenvalue weighted by atomic mass is 32.2. The fourth-order valence-corrected chi connectivity index (χ4v) is 2.93. The number of nitrogens with zero attached hydrogens (tertiary/aromatic N) is 1. The number of aromatic nitrogens is 2. The van der Waals surface area contributed by atoms with Gasteiger partial charge in [-0.05, 0) is 19.4 Å². The topological polar surface area (TPSA) is 97.8 Å². The molecule has 2 unspecified atom stereocenters. The van der Waals surface area contributed by atoms with Gasteiger partial charge in [-0.25, -0.2) is 4.98 Å². The molecule has 0 aliphatic rings. The van der Waals surface area contributed by atoms with Gasteiger partial charge < -0.3 is 16.5 Å². The Morgan fingerprint density at radius 2 is 1.95 bits per heavy atom. The second kappa shape index (κ2) is 6.11. The Morgan fingerprint density at radius 3 is 2.50 bits per heavy atom. The number of H-pyrrole nitrogens is 1. The SMILES string of the molecule is Cc1ccc(C(Sc2nc(N)cc(=O)[nH]2)C(C)N)cc1. The van der Waals surface area contributed by atoms with Crippen molar-refractivity contribution in [1.29, 1.82) is 0 Å². The molecule has 20 heavy (non-hydrogen) atoms. The van der Waals surface area contributed by atoms with E-state index in [1.807, 2.05) is 38.1 Å². The summed E-state index contributed by atoms with van der Waals surface area (Å²) in [7, 11) is 0. The summed E-state index contributed by atoms with van der Waals surface area (Å²) in [6.45, 7) is 3.97. The van der Waals surface area contributed by atoms with Crippen LogP contribution in [0.2, 0.25) is 0 Å². The zero-order valence-electron chi connectivity index (χ0n) is 11.5. The van der Waals surface area contributed by atoms with E-state index < -0.39 is 0 Å². The molecule has 0 bridgehead atoms. The fraction of sp³-hybridized carbons (Fsp3) is 0.286. The summed E-state index contributed by atoms with van der Waals surface area (Å²) < 4.78 is 0. The molecule has 2 atom stereocenters. The highest BCUT2D eigenvalue weighted by molar-refractivity contribution is 7.99. The van der Waals surface area contributed by atoms with Crippen molar-refractivity contribution in [2.24, 2.45) is 5.73 Å². The second-order valence-electron chi connectivity index (χ2n) is 4.78. The highest BCUT2D eigenvalue weighted by Crippen LogP contribution is 2.35. The fourth-order valence-electron chi connectivity index (χ4n) is 1.86. The zero-order valence-corrected chi connectivity index (χ0v) is 12.3. The summed E-state index contributed by atoms with van der Waals surface area (Å²) in [4.78, 5) is 18.2. The van der Waals surface area contributed by atoms with Gasteiger partial charge in [-0.3, -0.25) is 4.79 Å². The molecule has 106 valence electrons. The summed E-state index contributed by atoms with van der Waals surface area (Å²) in [6, 6.07) is 9.34. The van der Waals surface area contributed by atoms with Gasteiger partial charge in [-0.1, -0.05) is 41.6 Å². The van der Waals surface area contributed by atoms with E-state index in [1.54, 1.807) is 0 Å². The molecule has 2 aromatic rings. The first-order chi connectivity index (χ1) is 9.45. The molecule has 0 aliphatic carbocycles. The van der Waals surface area contributed by atoms with E-state index in [1.165, 1.54) is 23.4 Å². The van der Waals surface area contributed by atoms with Crippen molar-refractivity contribution in [1.82, 2.24) is 9.97 Å². The molecule has 0 amide bonds. The molecule has 0 fully saturated rings. The van der Waals surface area contributed by atoms with E-state index in [9.17, 15) is 4.79 Å². The number of nitrogen functional groups attached to an aromatic ring is 1. The average Bonchev–Trinajstić information content (AvgIpc) is 2.36. The molecule has 5 N–H and O–H groups in total. The third-order valence-corrected chi connectivity index (χ3v) is 4.23. The van der Waals surface area contributed by atoms with Gasteiger partial charge in [0, 0.05) is 12.1 Å². The van der Waals surface area contributed by atoms with Crippen LogP contribution in [0.3, 0.4) is 0 Å². The predicted molar refractivity (Wildman–Crippen MR) is 82.7 cm³/mol. The summed E-state index contributed by atoms with van der Waals surface area (Å²) in [5.41, 5.74) is 13.7. The smallest absolute Gasteiger partial charge is 0.253 e. The quantitative estimate of drug-likeness (QED) is 0.589.